The molecule has 0 unspecified atom stereocenters. The molecule has 28 N–H and O–H groups in total. The Morgan fingerprint density at radius 2 is 0.322 bits per heavy atom. The van der Waals surface area contributed by atoms with Crippen LogP contribution in [0.1, 0.15) is 288 Å². The molecule has 2 aliphatic carbocycles. The second-order valence-corrected chi connectivity index (χ2v) is 31.6. The summed E-state index contributed by atoms with van der Waals surface area (Å²) in [5.41, 5.74) is 9.59. The van der Waals surface area contributed by atoms with E-state index < -0.39 is 47.3 Å². The molecule has 0 radical (unpaired) electrons. The highest BCUT2D eigenvalue weighted by Gasteiger charge is 2.38. The predicted molar refractivity (Wildman–Crippen MR) is 471 cm³/mol. The monoisotopic (exact) mass is 1860 g/mol. The van der Waals surface area contributed by atoms with Gasteiger partial charge in [-0.15, -0.1) is 0 Å². The van der Waals surface area contributed by atoms with E-state index >= 15 is 0 Å². The molecule has 12 rings (SSSR count). The summed E-state index contributed by atoms with van der Waals surface area (Å²) in [4.78, 5) is 0. The lowest BCUT2D eigenvalue weighted by atomic mass is 9.76. The van der Waals surface area contributed by atoms with Crippen LogP contribution in [0, 0.1) is 73.2 Å². The molecule has 644 valence electrons. The van der Waals surface area contributed by atoms with Crippen molar-refractivity contribution in [3.8, 4) is 92.0 Å². The number of aromatic nitrogens is 2. The molecule has 118 heavy (non-hydrogen) atoms. The number of fused-ring (bicyclic) bond motifs is 16. The van der Waals surface area contributed by atoms with E-state index in [1.54, 1.807) is 128 Å². The topological polar surface area (TPSA) is 567 Å². The van der Waals surface area contributed by atoms with Gasteiger partial charge in [-0.05, 0) is 167 Å². The van der Waals surface area contributed by atoms with Crippen molar-refractivity contribution in [2.45, 2.75) is 209 Å². The van der Waals surface area contributed by atoms with E-state index in [0.29, 0.717) is 148 Å². The summed E-state index contributed by atoms with van der Waals surface area (Å²) in [6.45, 7) is 28.4. The molecule has 0 saturated heterocycles. The average molecular weight is 1860 g/mol. The molecule has 10 aromatic rings. The third-order valence-electron chi connectivity index (χ3n) is 23.4. The molecule has 0 saturated carbocycles. The molecule has 2 heterocycles. The van der Waals surface area contributed by atoms with E-state index in [0.717, 1.165) is 9.46 Å². The quantitative estimate of drug-likeness (QED) is 0.0291. The van der Waals surface area contributed by atoms with E-state index in [-0.39, 0.29) is 169 Å². The van der Waals surface area contributed by atoms with Crippen LogP contribution in [0.2, 0.25) is 0 Å². The zero-order chi connectivity index (χ0) is 83.0. The Morgan fingerprint density at radius 3 is 0.390 bits per heavy atom. The van der Waals surface area contributed by atoms with Gasteiger partial charge in [0.15, 0.2) is 12.4 Å². The molecule has 0 aliphatic heterocycles. The normalized spacial score (nSPS) is 16.7. The van der Waals surface area contributed by atoms with Gasteiger partial charge in [-0.3, -0.25) is 0 Å². The third kappa shape index (κ3) is 18.3. The van der Waals surface area contributed by atoms with Gasteiger partial charge < -0.3 is 125 Å². The van der Waals surface area contributed by atoms with Crippen molar-refractivity contribution in [3.05, 3.63) is 249 Å². The van der Waals surface area contributed by atoms with Crippen LogP contribution in [0.15, 0.2) is 97.3 Å². The van der Waals surface area contributed by atoms with Crippen LogP contribution in [0.3, 0.4) is 0 Å². The number of pyridine rings is 2. The lowest BCUT2D eigenvalue weighted by molar-refractivity contribution is -0.619. The van der Waals surface area contributed by atoms with Crippen LogP contribution in [0.25, 0.3) is 0 Å². The van der Waals surface area contributed by atoms with Crippen LogP contribution in [-0.2, 0) is 0 Å². The van der Waals surface area contributed by atoms with Gasteiger partial charge in [0.1, 0.15) is 92.0 Å². The first-order chi connectivity index (χ1) is 52.9. The summed E-state index contributed by atoms with van der Waals surface area (Å²) in [6.07, 6.45) is 6.52. The Hall–Kier alpha value is -10.3. The van der Waals surface area contributed by atoms with Gasteiger partial charge in [-0.1, -0.05) is 55.4 Å². The lowest BCUT2D eigenvalue weighted by Crippen LogP contribution is -2.28. The number of phenolic OH excluding ortho intramolecular Hbond substituents is 16. The highest BCUT2D eigenvalue weighted by atomic mass is 127. The fourth-order valence-corrected chi connectivity index (χ4v) is 17.5. The Labute approximate surface area is 714 Å². The number of nitrogens with zero attached hydrogens (tertiary/aromatic N) is 2. The number of aromatic hydroxyl groups is 16. The van der Waals surface area contributed by atoms with Crippen molar-refractivity contribution < 1.29 is 124 Å². The fourth-order valence-electron chi connectivity index (χ4n) is 16.7. The minimum Gasteiger partial charge on any atom is -0.618 e. The van der Waals surface area contributed by atoms with Gasteiger partial charge in [0.2, 0.25) is 0 Å². The van der Waals surface area contributed by atoms with Gasteiger partial charge in [0, 0.05) is 250 Å². The standard InChI is InChI=1S/2C40H48O8.2C5H4INO.6H2O/c2*1-9-21-25-13-27(35(43)17(5)33(25)41)22(10-2)29-15-31(39(47)19(7)37(29)45)24(12-4)32-16-30(38(46)20(8)40(32)48)23(11-3)28-14-26(21)34(42)18(6)36(28)44;2*6-5-3-1-2-4-7(5)8;;;;;;/h2*13-16,21-24,41-48H,9-12H2,1-8H3;2*1-4H;6*1H2. The zero-order valence-corrected chi connectivity index (χ0v) is 73.5. The predicted octanol–water partition coefficient (Wildman–Crippen LogP) is 15.0. The van der Waals surface area contributed by atoms with Gasteiger partial charge in [0.25, 0.3) is 7.40 Å². The largest absolute Gasteiger partial charge is 0.618 e. The number of phenols is 16. The highest BCUT2D eigenvalue weighted by molar-refractivity contribution is 14.1. The molecule has 0 fully saturated rings. The zero-order valence-electron chi connectivity index (χ0n) is 69.1. The smallest absolute Gasteiger partial charge is 0.252 e. The number of benzene rings is 8. The van der Waals surface area contributed by atoms with Gasteiger partial charge >= 0.3 is 0 Å². The Bertz CT molecular complexity index is 4120. The maximum absolute atomic E-state index is 11.5. The second kappa shape index (κ2) is 41.4. The van der Waals surface area contributed by atoms with Crippen molar-refractivity contribution in [2.75, 3.05) is 0 Å². The van der Waals surface area contributed by atoms with Crippen LogP contribution in [0.5, 0.6) is 92.0 Å². The molecule has 0 atom stereocenters. The summed E-state index contributed by atoms with van der Waals surface area (Å²) < 4.78 is 3.04. The Kier molecular flexibility index (Phi) is 35.7. The lowest BCUT2D eigenvalue weighted by Gasteiger charge is -2.30. The van der Waals surface area contributed by atoms with Crippen LogP contribution >= 0.6 is 45.2 Å². The third-order valence-corrected chi connectivity index (χ3v) is 25.0. The molecule has 0 amide bonds. The molecule has 8 aromatic carbocycles. The van der Waals surface area contributed by atoms with Crippen molar-refractivity contribution in [1.82, 2.24) is 0 Å². The van der Waals surface area contributed by atoms with E-state index in [1.807, 2.05) is 113 Å². The molecular weight excluding hydrogens is 1750 g/mol. The molecule has 2 aromatic heterocycles. The van der Waals surface area contributed by atoms with E-state index in [9.17, 15) is 92.1 Å². The van der Waals surface area contributed by atoms with Crippen LogP contribution in [-0.4, -0.2) is 115 Å². The van der Waals surface area contributed by atoms with Gasteiger partial charge in [-0.2, -0.15) is 9.46 Å². The van der Waals surface area contributed by atoms with Crippen molar-refractivity contribution in [2.24, 2.45) is 0 Å². The maximum Gasteiger partial charge on any atom is 0.252 e. The number of halogens is 2. The molecular formula is C90H116I2N2O24. The fraction of sp³-hybridized carbons (Fsp3) is 0.356. The average Bonchev–Trinajstić information content (AvgIpc) is 0.744. The minimum absolute atomic E-state index is 0. The highest BCUT2D eigenvalue weighted by Crippen LogP contribution is 2.58. The molecule has 26 nitrogen and oxygen atoms in total. The van der Waals surface area contributed by atoms with Crippen LogP contribution < -0.4 is 9.46 Å². The van der Waals surface area contributed by atoms with Crippen LogP contribution in [0.4, 0.5) is 0 Å². The first kappa shape index (κ1) is 102. The van der Waals surface area contributed by atoms with E-state index in [4.69, 9.17) is 0 Å². The number of hydrogen-bond acceptors (Lipinski definition) is 18. The van der Waals surface area contributed by atoms with Crippen molar-refractivity contribution in [1.29, 1.82) is 0 Å². The summed E-state index contributed by atoms with van der Waals surface area (Å²) in [7, 11) is 0. The molecule has 28 heteroatoms. The molecule has 0 spiro atoms. The Balaban J connectivity index is 0.000000489. The maximum atomic E-state index is 11.5. The van der Waals surface area contributed by atoms with E-state index in [2.05, 4.69) is 0 Å². The SMILES string of the molecule is CCC1c2cc(c(O)c(C)c2O)C(CC)c2cc(c(O)c(C)c2O)C(CC)c2cc(c(O)c(C)c2O)C(CC)c2cc1c(O)c(C)c2O.CCC1c2cc(c(O)c(C)c2O)C(CC)c2cc(c(O)c(C)c2O)C(CC)c2cc(c(O)c(C)c2O)C(CC)c2cc1c(O)c(C)c2O.O.O.O.O.O.O.[O-][n+]1ccccc1I.[O-][n+]1ccccc1I. The molecule has 2 aliphatic rings. The van der Waals surface area contributed by atoms with Gasteiger partial charge in [0.05, 0.1) is 0 Å². The summed E-state index contributed by atoms with van der Waals surface area (Å²) >= 11 is 3.95. The summed E-state index contributed by atoms with van der Waals surface area (Å²) in [6, 6.07) is 24.4. The van der Waals surface area contributed by atoms with Crippen molar-refractivity contribution >= 4 is 45.2 Å². The second-order valence-electron chi connectivity index (χ2n) is 29.4. The van der Waals surface area contributed by atoms with E-state index in [1.165, 1.54) is 12.4 Å². The number of hydrogen-bond donors (Lipinski definition) is 16. The summed E-state index contributed by atoms with van der Waals surface area (Å²) in [5, 5.41) is 205. The van der Waals surface area contributed by atoms with Gasteiger partial charge in [-0.25, -0.2) is 0 Å². The number of rotatable bonds is 8. The van der Waals surface area contributed by atoms with Crippen molar-refractivity contribution in [3.63, 3.8) is 0 Å². The Morgan fingerprint density at radius 1 is 0.220 bits per heavy atom. The molecule has 16 bridgehead atoms. The first-order valence-electron chi connectivity index (χ1n) is 38.0. The summed E-state index contributed by atoms with van der Waals surface area (Å²) in [5.74, 6) is -6.41. The minimum atomic E-state index is -0.565. The first-order valence-corrected chi connectivity index (χ1v) is 40.2.